The Labute approximate surface area is 132 Å². The average Bonchev–Trinajstić information content (AvgIpc) is 2.42. The lowest BCUT2D eigenvalue weighted by molar-refractivity contribution is -0.166. The van der Waals surface area contributed by atoms with Crippen LogP contribution < -0.4 is 0 Å². The molecule has 0 N–H and O–H groups in total. The van der Waals surface area contributed by atoms with Gasteiger partial charge in [0.25, 0.3) is 5.91 Å². The van der Waals surface area contributed by atoms with Crippen molar-refractivity contribution in [1.29, 1.82) is 0 Å². The van der Waals surface area contributed by atoms with Crippen molar-refractivity contribution in [2.45, 2.75) is 58.9 Å². The quantitative estimate of drug-likeness (QED) is 0.643. The number of hydrogen-bond acceptors (Lipinski definition) is 6. The molecule has 0 radical (unpaired) electrons. The largest absolute Gasteiger partial charge is 0.461 e. The molecule has 3 unspecified atom stereocenters. The van der Waals surface area contributed by atoms with E-state index in [1.54, 1.807) is 46.7 Å². The summed E-state index contributed by atoms with van der Waals surface area (Å²) in [6.07, 6.45) is -1.22. The average molecular weight is 316 g/mol. The summed E-state index contributed by atoms with van der Waals surface area (Å²) in [5.74, 6) is -1.43. The summed E-state index contributed by atoms with van der Waals surface area (Å²) in [6.45, 7) is 8.21. The Morgan fingerprint density at radius 3 is 1.64 bits per heavy atom. The standard InChI is InChI=1S/C15H28N2O5/c1-9(2)21-15(20)11(4)17(8)13(18)12(5)22-14(19)10(3)16(6)7/h9-12H,1-8H3. The fraction of sp³-hybridized carbons (Fsp3) is 0.800. The molecule has 0 saturated heterocycles. The first kappa shape index (κ1) is 20.4. The number of carbonyl (C=O) groups is 3. The highest BCUT2D eigenvalue weighted by Gasteiger charge is 2.30. The van der Waals surface area contributed by atoms with E-state index in [1.807, 2.05) is 0 Å². The molecular weight excluding hydrogens is 288 g/mol. The van der Waals surface area contributed by atoms with Crippen LogP contribution in [0.4, 0.5) is 0 Å². The van der Waals surface area contributed by atoms with Gasteiger partial charge in [-0.3, -0.25) is 14.5 Å². The Hall–Kier alpha value is -1.63. The molecule has 0 aromatic carbocycles. The fourth-order valence-electron chi connectivity index (χ4n) is 1.50. The topological polar surface area (TPSA) is 76.1 Å². The molecule has 0 aromatic heterocycles. The maximum absolute atomic E-state index is 12.2. The molecular formula is C15H28N2O5. The van der Waals surface area contributed by atoms with Gasteiger partial charge in [-0.2, -0.15) is 0 Å². The smallest absolute Gasteiger partial charge is 0.328 e. The third-order valence-electron chi connectivity index (χ3n) is 3.38. The molecule has 0 heterocycles. The van der Waals surface area contributed by atoms with Crippen molar-refractivity contribution in [3.8, 4) is 0 Å². The molecule has 7 nitrogen and oxygen atoms in total. The molecule has 0 rings (SSSR count). The fourth-order valence-corrected chi connectivity index (χ4v) is 1.50. The van der Waals surface area contributed by atoms with Gasteiger partial charge in [-0.05, 0) is 48.7 Å². The van der Waals surface area contributed by atoms with E-state index < -0.39 is 36.0 Å². The first-order valence-corrected chi connectivity index (χ1v) is 7.33. The van der Waals surface area contributed by atoms with Gasteiger partial charge in [0.1, 0.15) is 12.1 Å². The van der Waals surface area contributed by atoms with Crippen LogP contribution in [-0.2, 0) is 23.9 Å². The molecule has 0 aliphatic heterocycles. The van der Waals surface area contributed by atoms with Crippen LogP contribution in [0.25, 0.3) is 0 Å². The molecule has 0 aliphatic rings. The van der Waals surface area contributed by atoms with Gasteiger partial charge in [0.05, 0.1) is 6.10 Å². The van der Waals surface area contributed by atoms with Crippen molar-refractivity contribution in [2.75, 3.05) is 21.1 Å². The van der Waals surface area contributed by atoms with Crippen LogP contribution in [0.1, 0.15) is 34.6 Å². The van der Waals surface area contributed by atoms with Crippen LogP contribution in [0.15, 0.2) is 0 Å². The molecule has 0 saturated carbocycles. The van der Waals surface area contributed by atoms with Crippen LogP contribution in [0.5, 0.6) is 0 Å². The maximum Gasteiger partial charge on any atom is 0.328 e. The van der Waals surface area contributed by atoms with Gasteiger partial charge in [0.15, 0.2) is 6.10 Å². The zero-order valence-corrected chi connectivity index (χ0v) is 14.7. The molecule has 0 fully saturated rings. The summed E-state index contributed by atoms with van der Waals surface area (Å²) in [5, 5.41) is 0. The van der Waals surface area contributed by atoms with Crippen molar-refractivity contribution in [3.63, 3.8) is 0 Å². The number of esters is 2. The van der Waals surface area contributed by atoms with E-state index in [0.717, 1.165) is 0 Å². The second-order valence-corrected chi connectivity index (χ2v) is 5.83. The van der Waals surface area contributed by atoms with E-state index in [9.17, 15) is 14.4 Å². The van der Waals surface area contributed by atoms with E-state index in [4.69, 9.17) is 9.47 Å². The number of amides is 1. The van der Waals surface area contributed by atoms with Crippen molar-refractivity contribution in [2.24, 2.45) is 0 Å². The molecule has 7 heteroatoms. The van der Waals surface area contributed by atoms with Gasteiger partial charge in [0.2, 0.25) is 0 Å². The summed E-state index contributed by atoms with van der Waals surface area (Å²) >= 11 is 0. The second kappa shape index (κ2) is 8.73. The lowest BCUT2D eigenvalue weighted by Crippen LogP contribution is -2.47. The Morgan fingerprint density at radius 2 is 1.23 bits per heavy atom. The predicted octanol–water partition coefficient (Wildman–Crippen LogP) is 0.667. The predicted molar refractivity (Wildman–Crippen MR) is 82.2 cm³/mol. The third kappa shape index (κ3) is 6.01. The van der Waals surface area contributed by atoms with Crippen LogP contribution >= 0.6 is 0 Å². The monoisotopic (exact) mass is 316 g/mol. The SMILES string of the molecule is CC(C)OC(=O)C(C)N(C)C(=O)C(C)OC(=O)C(C)N(C)C. The number of carbonyl (C=O) groups excluding carboxylic acids is 3. The third-order valence-corrected chi connectivity index (χ3v) is 3.38. The number of nitrogens with zero attached hydrogens (tertiary/aromatic N) is 2. The van der Waals surface area contributed by atoms with Crippen LogP contribution in [-0.4, -0.2) is 73.1 Å². The highest BCUT2D eigenvalue weighted by molar-refractivity contribution is 5.88. The molecule has 0 aromatic rings. The van der Waals surface area contributed by atoms with E-state index in [1.165, 1.54) is 18.9 Å². The number of rotatable bonds is 7. The van der Waals surface area contributed by atoms with Crippen LogP contribution in [0, 0.1) is 0 Å². The summed E-state index contributed by atoms with van der Waals surface area (Å²) in [4.78, 5) is 38.8. The minimum atomic E-state index is -0.964. The van der Waals surface area contributed by atoms with Gasteiger partial charge >= 0.3 is 11.9 Å². The summed E-state index contributed by atoms with van der Waals surface area (Å²) in [6, 6.07) is -1.20. The Kier molecular flexibility index (Phi) is 8.08. The summed E-state index contributed by atoms with van der Waals surface area (Å²) in [7, 11) is 4.97. The lowest BCUT2D eigenvalue weighted by atomic mass is 10.2. The van der Waals surface area contributed by atoms with Gasteiger partial charge < -0.3 is 14.4 Å². The summed E-state index contributed by atoms with van der Waals surface area (Å²) in [5.41, 5.74) is 0. The van der Waals surface area contributed by atoms with E-state index in [-0.39, 0.29) is 6.10 Å². The van der Waals surface area contributed by atoms with Gasteiger partial charge in [-0.25, -0.2) is 4.79 Å². The van der Waals surface area contributed by atoms with Gasteiger partial charge in [-0.1, -0.05) is 0 Å². The highest BCUT2D eigenvalue weighted by atomic mass is 16.6. The molecule has 0 bridgehead atoms. The molecule has 0 spiro atoms. The van der Waals surface area contributed by atoms with Crippen LogP contribution in [0.3, 0.4) is 0 Å². The van der Waals surface area contributed by atoms with Crippen molar-refractivity contribution in [3.05, 3.63) is 0 Å². The van der Waals surface area contributed by atoms with Gasteiger partial charge in [-0.15, -0.1) is 0 Å². The molecule has 22 heavy (non-hydrogen) atoms. The van der Waals surface area contributed by atoms with E-state index >= 15 is 0 Å². The zero-order chi connectivity index (χ0) is 17.6. The Bertz CT molecular complexity index is 409. The summed E-state index contributed by atoms with van der Waals surface area (Å²) < 4.78 is 10.2. The first-order chi connectivity index (χ1) is 9.98. The van der Waals surface area contributed by atoms with E-state index in [2.05, 4.69) is 0 Å². The Morgan fingerprint density at radius 1 is 0.773 bits per heavy atom. The second-order valence-electron chi connectivity index (χ2n) is 5.83. The number of ether oxygens (including phenoxy) is 2. The van der Waals surface area contributed by atoms with Gasteiger partial charge in [0, 0.05) is 7.05 Å². The molecule has 0 aliphatic carbocycles. The van der Waals surface area contributed by atoms with Crippen molar-refractivity contribution < 1.29 is 23.9 Å². The Balaban J connectivity index is 4.67. The van der Waals surface area contributed by atoms with E-state index in [0.29, 0.717) is 0 Å². The molecule has 128 valence electrons. The minimum Gasteiger partial charge on any atom is -0.461 e. The van der Waals surface area contributed by atoms with Crippen molar-refractivity contribution >= 4 is 17.8 Å². The lowest BCUT2D eigenvalue weighted by Gasteiger charge is -2.27. The minimum absolute atomic E-state index is 0.255. The highest BCUT2D eigenvalue weighted by Crippen LogP contribution is 2.07. The first-order valence-electron chi connectivity index (χ1n) is 7.33. The van der Waals surface area contributed by atoms with Crippen molar-refractivity contribution in [1.82, 2.24) is 9.80 Å². The van der Waals surface area contributed by atoms with Crippen LogP contribution in [0.2, 0.25) is 0 Å². The number of likely N-dealkylation sites (N-methyl/N-ethyl adjacent to an activating group) is 2. The number of hydrogen-bond donors (Lipinski definition) is 0. The molecule has 1 amide bonds. The normalized spacial score (nSPS) is 15.2. The maximum atomic E-state index is 12.2. The molecule has 3 atom stereocenters. The zero-order valence-electron chi connectivity index (χ0n) is 14.7.